The minimum atomic E-state index is -0.792. The Hall–Kier alpha value is -1.92. The van der Waals surface area contributed by atoms with Gasteiger partial charge in [0.2, 0.25) is 0 Å². The van der Waals surface area contributed by atoms with Gasteiger partial charge in [-0.05, 0) is 30.4 Å². The third-order valence-electron chi connectivity index (χ3n) is 3.11. The minimum Gasteiger partial charge on any atom is -0.494 e. The summed E-state index contributed by atoms with van der Waals surface area (Å²) in [5.41, 5.74) is 1.21. The molecule has 0 aliphatic carbocycles. The van der Waals surface area contributed by atoms with Crippen molar-refractivity contribution < 1.29 is 13.5 Å². The van der Waals surface area contributed by atoms with Crippen LogP contribution in [0.1, 0.15) is 0 Å². The van der Waals surface area contributed by atoms with E-state index < -0.39 is 11.6 Å². The van der Waals surface area contributed by atoms with Crippen LogP contribution in [0.4, 0.5) is 8.78 Å². The maximum absolute atomic E-state index is 14.1. The number of hydrogen-bond acceptors (Lipinski definition) is 2. The van der Waals surface area contributed by atoms with E-state index in [2.05, 4.69) is 4.98 Å². The highest BCUT2D eigenvalue weighted by molar-refractivity contribution is 7.71. The molecule has 0 atom stereocenters. The second-order valence-electron chi connectivity index (χ2n) is 4.34. The topological polar surface area (TPSA) is 29.9 Å². The fourth-order valence-electron chi connectivity index (χ4n) is 2.24. The summed E-state index contributed by atoms with van der Waals surface area (Å²) in [6, 6.07) is 7.04. The Bertz CT molecular complexity index is 881. The number of hydrogen-bond donors (Lipinski definition) is 1. The number of halogens is 3. The molecule has 3 rings (SSSR count). The second-order valence-corrected chi connectivity index (χ2v) is 5.13. The molecule has 1 N–H and O–H groups in total. The number of fused-ring (bicyclic) bond motifs is 1. The van der Waals surface area contributed by atoms with Crippen LogP contribution in [0.25, 0.3) is 16.7 Å². The molecule has 3 aromatic rings. The summed E-state index contributed by atoms with van der Waals surface area (Å²) in [5.74, 6) is -0.971. The lowest BCUT2D eigenvalue weighted by Crippen LogP contribution is -2.00. The average Bonchev–Trinajstić information content (AvgIpc) is 2.74. The molecule has 0 amide bonds. The number of nitrogens with one attached hydrogen (secondary N) is 1. The van der Waals surface area contributed by atoms with Gasteiger partial charge < -0.3 is 9.72 Å². The first kappa shape index (κ1) is 14.0. The van der Waals surface area contributed by atoms with Gasteiger partial charge in [-0.3, -0.25) is 4.57 Å². The summed E-state index contributed by atoms with van der Waals surface area (Å²) >= 11 is 11.2. The zero-order valence-corrected chi connectivity index (χ0v) is 12.4. The van der Waals surface area contributed by atoms with E-state index in [9.17, 15) is 8.78 Å². The number of rotatable bonds is 2. The van der Waals surface area contributed by atoms with Crippen molar-refractivity contribution in [1.29, 1.82) is 0 Å². The Labute approximate surface area is 128 Å². The van der Waals surface area contributed by atoms with E-state index in [4.69, 9.17) is 28.6 Å². The van der Waals surface area contributed by atoms with E-state index in [0.717, 1.165) is 12.1 Å². The number of benzene rings is 2. The molecule has 0 spiro atoms. The smallest absolute Gasteiger partial charge is 0.183 e. The van der Waals surface area contributed by atoms with Crippen LogP contribution in [0.15, 0.2) is 30.3 Å². The zero-order chi connectivity index (χ0) is 15.1. The molecule has 1 heterocycles. The largest absolute Gasteiger partial charge is 0.494 e. The first-order valence-electron chi connectivity index (χ1n) is 5.95. The Morgan fingerprint density at radius 3 is 2.71 bits per heavy atom. The Morgan fingerprint density at radius 2 is 2.05 bits per heavy atom. The number of methoxy groups -OCH3 is 1. The second kappa shape index (κ2) is 5.13. The molecule has 108 valence electrons. The molecule has 0 radical (unpaired) electrons. The lowest BCUT2D eigenvalue weighted by Gasteiger charge is -2.09. The molecule has 0 saturated carbocycles. The number of aromatic amines is 1. The lowest BCUT2D eigenvalue weighted by molar-refractivity contribution is 0.419. The number of para-hydroxylation sites is 1. The minimum absolute atomic E-state index is 0.00238. The fourth-order valence-corrected chi connectivity index (χ4v) is 2.81. The molecule has 0 aliphatic rings. The fraction of sp³-hybridized carbons (Fsp3) is 0.0714. The first-order valence-corrected chi connectivity index (χ1v) is 6.74. The summed E-state index contributed by atoms with van der Waals surface area (Å²) in [5, 5.41) is -0.0627. The summed E-state index contributed by atoms with van der Waals surface area (Å²) in [6.07, 6.45) is 0. The molecule has 0 fully saturated rings. The molecule has 21 heavy (non-hydrogen) atoms. The molecule has 7 heteroatoms. The lowest BCUT2D eigenvalue weighted by atomic mass is 10.2. The molecule has 1 aromatic heterocycles. The van der Waals surface area contributed by atoms with Gasteiger partial charge in [-0.25, -0.2) is 8.78 Å². The van der Waals surface area contributed by atoms with E-state index in [0.29, 0.717) is 16.8 Å². The van der Waals surface area contributed by atoms with Crippen molar-refractivity contribution >= 4 is 34.9 Å². The van der Waals surface area contributed by atoms with Gasteiger partial charge in [0, 0.05) is 6.07 Å². The summed E-state index contributed by atoms with van der Waals surface area (Å²) in [6.45, 7) is 0. The van der Waals surface area contributed by atoms with Crippen molar-refractivity contribution in [1.82, 2.24) is 9.55 Å². The number of imidazole rings is 1. The van der Waals surface area contributed by atoms with Crippen LogP contribution in [-0.4, -0.2) is 16.7 Å². The highest BCUT2D eigenvalue weighted by Crippen LogP contribution is 2.31. The van der Waals surface area contributed by atoms with E-state index in [1.54, 1.807) is 18.2 Å². The van der Waals surface area contributed by atoms with E-state index in [-0.39, 0.29) is 15.5 Å². The normalized spacial score (nSPS) is 11.0. The van der Waals surface area contributed by atoms with Gasteiger partial charge in [-0.15, -0.1) is 0 Å². The predicted molar refractivity (Wildman–Crippen MR) is 79.9 cm³/mol. The molecule has 0 unspecified atom stereocenters. The van der Waals surface area contributed by atoms with Crippen molar-refractivity contribution in [3.05, 3.63) is 51.8 Å². The van der Waals surface area contributed by atoms with E-state index >= 15 is 0 Å². The van der Waals surface area contributed by atoms with Gasteiger partial charge in [-0.1, -0.05) is 17.7 Å². The van der Waals surface area contributed by atoms with Crippen LogP contribution in [0, 0.1) is 16.4 Å². The Balaban J connectivity index is 2.42. The van der Waals surface area contributed by atoms with Gasteiger partial charge in [0.25, 0.3) is 0 Å². The molecule has 0 saturated heterocycles. The SMILES string of the molecule is COc1cccc2c1[nH]c(=S)n2-c1c(F)cc(F)cc1Cl. The average molecular weight is 327 g/mol. The Morgan fingerprint density at radius 1 is 1.29 bits per heavy atom. The number of ether oxygens (including phenoxy) is 1. The van der Waals surface area contributed by atoms with Crippen LogP contribution in [0.5, 0.6) is 5.75 Å². The molecule has 2 aromatic carbocycles. The van der Waals surface area contributed by atoms with Crippen molar-refractivity contribution in [2.45, 2.75) is 0 Å². The van der Waals surface area contributed by atoms with Crippen molar-refractivity contribution in [2.75, 3.05) is 7.11 Å². The highest BCUT2D eigenvalue weighted by Gasteiger charge is 2.17. The monoisotopic (exact) mass is 326 g/mol. The first-order chi connectivity index (χ1) is 10.0. The van der Waals surface area contributed by atoms with Gasteiger partial charge in [0.1, 0.15) is 22.8 Å². The van der Waals surface area contributed by atoms with Gasteiger partial charge in [0.05, 0.1) is 17.6 Å². The van der Waals surface area contributed by atoms with Gasteiger partial charge in [-0.2, -0.15) is 0 Å². The van der Waals surface area contributed by atoms with Crippen LogP contribution in [-0.2, 0) is 0 Å². The third-order valence-corrected chi connectivity index (χ3v) is 3.68. The molecule has 3 nitrogen and oxygen atoms in total. The van der Waals surface area contributed by atoms with Crippen molar-refractivity contribution in [3.63, 3.8) is 0 Å². The van der Waals surface area contributed by atoms with Crippen LogP contribution >= 0.6 is 23.8 Å². The number of H-pyrrole nitrogens is 1. The molecular weight excluding hydrogens is 318 g/mol. The maximum Gasteiger partial charge on any atom is 0.183 e. The van der Waals surface area contributed by atoms with Crippen LogP contribution in [0.2, 0.25) is 5.02 Å². The maximum atomic E-state index is 14.1. The summed E-state index contributed by atoms with van der Waals surface area (Å²) in [4.78, 5) is 2.95. The number of nitrogens with zero attached hydrogens (tertiary/aromatic N) is 1. The Kier molecular flexibility index (Phi) is 3.43. The van der Waals surface area contributed by atoms with E-state index in [1.807, 2.05) is 0 Å². The van der Waals surface area contributed by atoms with Crippen molar-refractivity contribution in [2.24, 2.45) is 0 Å². The summed E-state index contributed by atoms with van der Waals surface area (Å²) < 4.78 is 34.2. The quantitative estimate of drug-likeness (QED) is 0.696. The number of aromatic nitrogens is 2. The predicted octanol–water partition coefficient (Wildman–Crippen LogP) is 4.63. The van der Waals surface area contributed by atoms with Crippen molar-refractivity contribution in [3.8, 4) is 11.4 Å². The zero-order valence-electron chi connectivity index (χ0n) is 10.8. The van der Waals surface area contributed by atoms with Gasteiger partial charge in [0.15, 0.2) is 10.6 Å². The molecular formula is C14H9ClF2N2OS. The van der Waals surface area contributed by atoms with Gasteiger partial charge >= 0.3 is 0 Å². The van der Waals surface area contributed by atoms with Crippen LogP contribution < -0.4 is 4.74 Å². The molecule has 0 aliphatic heterocycles. The third kappa shape index (κ3) is 2.20. The highest BCUT2D eigenvalue weighted by atomic mass is 35.5. The standard InChI is InChI=1S/C14H9ClF2N2OS/c1-20-11-4-2-3-10-12(11)18-14(21)19(10)13-8(15)5-7(16)6-9(13)17/h2-6H,1H3,(H,18,21). The van der Waals surface area contributed by atoms with E-state index in [1.165, 1.54) is 11.7 Å². The summed E-state index contributed by atoms with van der Waals surface area (Å²) in [7, 11) is 1.52. The van der Waals surface area contributed by atoms with Crippen LogP contribution in [0.3, 0.4) is 0 Å². The molecule has 0 bridgehead atoms.